The monoisotopic (exact) mass is 446 g/mol. The number of methoxy groups -OCH3 is 1. The highest BCUT2D eigenvalue weighted by Gasteiger charge is 2.48. The van der Waals surface area contributed by atoms with Crippen LogP contribution in [-0.2, 0) is 36.9 Å². The number of rotatable bonds is 9. The van der Waals surface area contributed by atoms with Crippen LogP contribution in [0.5, 0.6) is 0 Å². The molecule has 0 aromatic carbocycles. The van der Waals surface area contributed by atoms with Gasteiger partial charge in [-0.25, -0.2) is 4.57 Å². The maximum absolute atomic E-state index is 12.3. The number of ether oxygens (including phenoxy) is 3. The van der Waals surface area contributed by atoms with Crippen LogP contribution in [0.4, 0.5) is 0 Å². The van der Waals surface area contributed by atoms with Crippen molar-refractivity contribution in [2.24, 2.45) is 0 Å². The maximum atomic E-state index is 12.3. The molecule has 16 heteroatoms. The number of hydrogen-bond acceptors (Lipinski definition) is 10. The van der Waals surface area contributed by atoms with E-state index in [9.17, 15) is 29.1 Å². The first-order valence-electron chi connectivity index (χ1n) is 8.65. The van der Waals surface area contributed by atoms with Crippen molar-refractivity contribution in [3.05, 3.63) is 0 Å². The molecule has 4 N–H and O–H groups in total. The molecule has 2 saturated heterocycles. The van der Waals surface area contributed by atoms with Crippen LogP contribution in [-0.4, -0.2) is 111 Å². The summed E-state index contributed by atoms with van der Waals surface area (Å²) >= 11 is 0. The largest absolute Gasteiger partial charge is 0.472 e. The van der Waals surface area contributed by atoms with Crippen LogP contribution in [0.25, 0.3) is 0 Å². The van der Waals surface area contributed by atoms with Gasteiger partial charge in [-0.1, -0.05) is 0 Å². The Morgan fingerprint density at radius 2 is 1.39 bits per heavy atom. The average molecular weight is 446 g/mol. The highest BCUT2D eigenvalue weighted by molar-refractivity contribution is 7.51. The SMILES string of the molecule is B[C@@H]1O[C@H](COC)C(OP(=O)(O)OC[C@H]2O[C@@H](B)[C@@H](O)C2O[P@@](C)(=O)O)[C@@H]1O. The Kier molecular flexibility index (Phi) is 8.34. The average Bonchev–Trinajstić information content (AvgIpc) is 2.97. The fraction of sp³-hybridized carbons (Fsp3) is 1.00. The lowest BCUT2D eigenvalue weighted by Crippen LogP contribution is -2.38. The molecule has 2 fully saturated rings. The van der Waals surface area contributed by atoms with Crippen molar-refractivity contribution in [2.45, 2.75) is 48.6 Å². The van der Waals surface area contributed by atoms with E-state index in [-0.39, 0.29) is 6.61 Å². The highest BCUT2D eigenvalue weighted by atomic mass is 31.2. The first-order valence-corrected chi connectivity index (χ1v) is 12.2. The lowest BCUT2D eigenvalue weighted by atomic mass is 9.93. The van der Waals surface area contributed by atoms with Crippen molar-refractivity contribution in [1.29, 1.82) is 0 Å². The minimum atomic E-state index is -4.68. The van der Waals surface area contributed by atoms with Crippen molar-refractivity contribution in [1.82, 2.24) is 0 Å². The third kappa shape index (κ3) is 6.34. The smallest absolute Gasteiger partial charge is 0.388 e. The van der Waals surface area contributed by atoms with E-state index in [1.807, 2.05) is 0 Å². The zero-order valence-corrected chi connectivity index (χ0v) is 17.8. The Labute approximate surface area is 164 Å². The Hall–Kier alpha value is 0.190. The molecule has 0 aliphatic carbocycles. The summed E-state index contributed by atoms with van der Waals surface area (Å²) in [6, 6.07) is -1.39. The van der Waals surface area contributed by atoms with Gasteiger partial charge in [0.15, 0.2) is 0 Å². The van der Waals surface area contributed by atoms with E-state index in [4.69, 9.17) is 27.8 Å². The van der Waals surface area contributed by atoms with E-state index in [1.54, 1.807) is 7.85 Å². The first-order chi connectivity index (χ1) is 12.8. The molecule has 0 radical (unpaired) electrons. The van der Waals surface area contributed by atoms with Crippen LogP contribution in [0.1, 0.15) is 0 Å². The molecule has 28 heavy (non-hydrogen) atoms. The summed E-state index contributed by atoms with van der Waals surface area (Å²) in [6.07, 6.45) is -6.68. The normalized spacial score (nSPS) is 42.9. The van der Waals surface area contributed by atoms with Crippen molar-refractivity contribution in [2.75, 3.05) is 27.0 Å². The van der Waals surface area contributed by atoms with E-state index in [0.717, 1.165) is 6.66 Å². The summed E-state index contributed by atoms with van der Waals surface area (Å²) in [5.41, 5.74) is 0. The van der Waals surface area contributed by atoms with E-state index >= 15 is 0 Å². The molecule has 12 nitrogen and oxygen atoms in total. The third-order valence-electron chi connectivity index (χ3n) is 4.45. The van der Waals surface area contributed by atoms with E-state index in [0.29, 0.717) is 0 Å². The van der Waals surface area contributed by atoms with Gasteiger partial charge in [0, 0.05) is 13.8 Å². The fourth-order valence-corrected chi connectivity index (χ4v) is 4.79. The van der Waals surface area contributed by atoms with Gasteiger partial charge >= 0.3 is 15.4 Å². The summed E-state index contributed by atoms with van der Waals surface area (Å²) in [6.45, 7) is 0.410. The number of hydrogen-bond donors (Lipinski definition) is 4. The van der Waals surface area contributed by atoms with Gasteiger partial charge in [0.1, 0.15) is 52.3 Å². The Morgan fingerprint density at radius 1 is 0.929 bits per heavy atom. The highest BCUT2D eigenvalue weighted by Crippen LogP contribution is 2.48. The van der Waals surface area contributed by atoms with Gasteiger partial charge in [0.25, 0.3) is 0 Å². The molecule has 0 aromatic rings. The van der Waals surface area contributed by atoms with Gasteiger partial charge in [-0.15, -0.1) is 0 Å². The second-order valence-electron chi connectivity index (χ2n) is 6.90. The predicted octanol–water partition coefficient (Wildman–Crippen LogP) is -3.23. The van der Waals surface area contributed by atoms with Gasteiger partial charge in [-0.2, -0.15) is 0 Å². The number of phosphoric acid groups is 1. The van der Waals surface area contributed by atoms with Gasteiger partial charge in [0.05, 0.1) is 25.2 Å². The van der Waals surface area contributed by atoms with Crippen LogP contribution < -0.4 is 0 Å². The van der Waals surface area contributed by atoms with Crippen LogP contribution in [0, 0.1) is 0 Å². The van der Waals surface area contributed by atoms with Crippen molar-refractivity contribution < 1.29 is 56.9 Å². The molecule has 2 aliphatic rings. The first kappa shape index (κ1) is 24.5. The summed E-state index contributed by atoms with van der Waals surface area (Å²) in [5, 5.41) is 20.2. The number of aliphatic hydroxyl groups is 2. The van der Waals surface area contributed by atoms with E-state index in [1.165, 1.54) is 15.0 Å². The topological polar surface area (TPSA) is 170 Å². The molecular weight excluding hydrogens is 420 g/mol. The molecule has 2 rings (SSSR count). The zero-order chi connectivity index (χ0) is 21.3. The van der Waals surface area contributed by atoms with Crippen LogP contribution >= 0.6 is 15.4 Å². The minimum absolute atomic E-state index is 0.0275. The lowest BCUT2D eigenvalue weighted by Gasteiger charge is -2.25. The quantitative estimate of drug-likeness (QED) is 0.207. The maximum Gasteiger partial charge on any atom is 0.472 e. The van der Waals surface area contributed by atoms with Crippen LogP contribution in [0.3, 0.4) is 0 Å². The standard InChI is InChI=1S/C12H26B2O12P2/c1-21-3-5-10(8(16)12(14)23-5)26-28(19,20)22-4-6-9(25-27(2,17)18)7(15)11(13)24-6/h5-12,15-16H,3-4,13-14H2,1-2H3,(H,17,18)(H,19,20)/t5-,6-,7+,8+,9?,10?,11-,12-/m1/s1. The van der Waals surface area contributed by atoms with Crippen LogP contribution in [0.2, 0.25) is 0 Å². The van der Waals surface area contributed by atoms with E-state index < -0.39 is 70.7 Å². The molecule has 0 saturated carbocycles. The molecule has 0 spiro atoms. The molecule has 0 aromatic heterocycles. The molecular formula is C12H26B2O12P2. The molecule has 0 amide bonds. The Bertz CT molecular complexity index is 619. The van der Waals surface area contributed by atoms with Crippen molar-refractivity contribution in [3.63, 3.8) is 0 Å². The van der Waals surface area contributed by atoms with Gasteiger partial charge < -0.3 is 34.2 Å². The van der Waals surface area contributed by atoms with Crippen molar-refractivity contribution in [3.8, 4) is 0 Å². The predicted molar refractivity (Wildman–Crippen MR) is 99.6 cm³/mol. The minimum Gasteiger partial charge on any atom is -0.388 e. The summed E-state index contributed by atoms with van der Waals surface area (Å²) in [7, 11) is -4.14. The van der Waals surface area contributed by atoms with Gasteiger partial charge in [-0.05, 0) is 0 Å². The Balaban J connectivity index is 1.99. The second kappa shape index (κ2) is 9.55. The zero-order valence-electron chi connectivity index (χ0n) is 16.0. The molecule has 0 bridgehead atoms. The summed E-state index contributed by atoms with van der Waals surface area (Å²) in [4.78, 5) is 19.4. The van der Waals surface area contributed by atoms with Crippen molar-refractivity contribution >= 4 is 31.1 Å². The number of phosphoric ester groups is 1. The summed E-state index contributed by atoms with van der Waals surface area (Å²) in [5.74, 6) is 0. The lowest BCUT2D eigenvalue weighted by molar-refractivity contribution is -0.0353. The van der Waals surface area contributed by atoms with Gasteiger partial charge in [0.2, 0.25) is 0 Å². The fourth-order valence-electron chi connectivity index (χ4n) is 3.11. The molecule has 3 unspecified atom stereocenters. The van der Waals surface area contributed by atoms with Gasteiger partial charge in [-0.3, -0.25) is 18.1 Å². The second-order valence-corrected chi connectivity index (χ2v) is 10.1. The molecule has 162 valence electrons. The number of aliphatic hydroxyl groups excluding tert-OH is 2. The van der Waals surface area contributed by atoms with E-state index in [2.05, 4.69) is 0 Å². The molecule has 10 atom stereocenters. The molecule has 2 heterocycles. The van der Waals surface area contributed by atoms with Crippen LogP contribution in [0.15, 0.2) is 0 Å². The summed E-state index contributed by atoms with van der Waals surface area (Å²) < 4.78 is 54.5. The molecule has 2 aliphatic heterocycles. The Morgan fingerprint density at radius 3 is 1.86 bits per heavy atom. The third-order valence-corrected chi connectivity index (χ3v) is 6.07.